The quantitative estimate of drug-likeness (QED) is 0.0461. The highest BCUT2D eigenvalue weighted by atomic mass is 35.5. The number of aliphatic hydroxyl groups is 5. The summed E-state index contributed by atoms with van der Waals surface area (Å²) in [4.78, 5) is 23.8. The van der Waals surface area contributed by atoms with Crippen LogP contribution in [0.15, 0.2) is 255 Å². The van der Waals surface area contributed by atoms with Crippen molar-refractivity contribution in [2.45, 2.75) is 157 Å². The van der Waals surface area contributed by atoms with E-state index in [0.29, 0.717) is 51.4 Å². The Hall–Kier alpha value is -8.83. The molecule has 5 aromatic heterocycles. The first-order valence-corrected chi connectivity index (χ1v) is 47.3. The van der Waals surface area contributed by atoms with Gasteiger partial charge in [-0.05, 0) is 246 Å². The zero-order valence-corrected chi connectivity index (χ0v) is 76.7. The van der Waals surface area contributed by atoms with E-state index >= 15 is 0 Å². The molecule has 5 saturated heterocycles. The molecule has 0 radical (unpaired) electrons. The summed E-state index contributed by atoms with van der Waals surface area (Å²) < 4.78 is 0. The summed E-state index contributed by atoms with van der Waals surface area (Å²) in [6.45, 7) is 4.74. The Kier molecular flexibility index (Phi) is 31.7. The third-order valence-corrected chi connectivity index (χ3v) is 26.8. The second-order valence-electron chi connectivity index (χ2n) is 33.5. The fraction of sp³-hybridized carbons (Fsp3) is 0.286. The van der Waals surface area contributed by atoms with Gasteiger partial charge in [-0.3, -0.25) is 0 Å². The maximum atomic E-state index is 11.1. The minimum atomic E-state index is -0.641. The van der Waals surface area contributed by atoms with E-state index in [4.69, 9.17) is 118 Å². The number of aliphatic hydroxyl groups excluding tert-OH is 5. The zero-order chi connectivity index (χ0) is 88.7. The highest BCUT2D eigenvalue weighted by Gasteiger charge is 2.32. The average molecular weight is 1870 g/mol. The lowest BCUT2D eigenvalue weighted by molar-refractivity contribution is 0.115. The summed E-state index contributed by atoms with van der Waals surface area (Å²) in [6.07, 6.45) is 13.4. The number of nitrogens with one attached hydrogen (secondary N) is 5. The summed E-state index contributed by atoms with van der Waals surface area (Å²) in [6, 6.07) is 81.7. The average Bonchev–Trinajstić information content (AvgIpc) is 0.764. The molecule has 10 N–H and O–H groups in total. The van der Waals surface area contributed by atoms with E-state index in [1.54, 1.807) is 18.2 Å². The number of piperidine rings is 5. The van der Waals surface area contributed by atoms with E-state index in [1.807, 2.05) is 237 Å². The molecule has 20 rings (SSSR count). The van der Waals surface area contributed by atoms with Gasteiger partial charge < -0.3 is 52.1 Å². The number of halogens is 8. The monoisotopic (exact) mass is 1860 g/mol. The molecule has 15 aromatic rings. The largest absolute Gasteiger partial charge is 0.387 e. The number of fused-ring (bicyclic) bond motifs is 5. The van der Waals surface area contributed by atoms with E-state index in [1.165, 1.54) is 19.3 Å². The maximum Gasteiger partial charge on any atom is 0.0950 e. The van der Waals surface area contributed by atoms with Crippen molar-refractivity contribution in [2.75, 3.05) is 32.7 Å². The predicted molar refractivity (Wildman–Crippen MR) is 529 cm³/mol. The van der Waals surface area contributed by atoms with Crippen molar-refractivity contribution in [1.29, 1.82) is 0 Å². The van der Waals surface area contributed by atoms with E-state index in [-0.39, 0.29) is 30.2 Å². The van der Waals surface area contributed by atoms with Crippen LogP contribution in [0.1, 0.15) is 155 Å². The molecule has 23 heteroatoms. The standard InChI is InChI=1S/C21H19Cl3N2O.C21H20Cl2N2O.3C21H21ClN2O/c22-12-5-7-15(17(24)9-12)20-11-16(21(27)18-3-1-2-8-25-18)14-6-4-13(23)10-19(14)26-20;22-14-10-15-16(21(26)18-8-4-5-9-24-18)12-19(13-6-2-1-3-7-13)25-20(15)17(23)11-14;22-15-7-5-6-14(12-15)20-13-17(16-8-1-2-9-18(16)24-20)21(25)19-10-3-4-11-23-19;22-15-10-8-14(9-11-15)20-13-17(16-5-1-2-6-18(16)24-20)21(25)19-7-3-4-12-23-19;22-15-9-10-16-17(21(25)18-8-4-5-11-23-18)13-19(24-20(16)12-15)14-6-2-1-3-7-14/h4-7,9-11,18,21,25,27H,1-3,8H2;1-3,6-7,10-12,18,21,24,26H,4-5,8-9H2;1-2,5-9,12-13,19,21,23,25H,3-4,10-11H2;1-2,5-6,8-11,13,19,21,23,25H,3-4,7,12H2;1-3,6-7,9-10,12-13,18,21,23,25H,4-5,8,11H2. The van der Waals surface area contributed by atoms with Crippen LogP contribution in [0.2, 0.25) is 40.2 Å². The maximum absolute atomic E-state index is 11.1. The molecular weight excluding hydrogens is 1760 g/mol. The van der Waals surface area contributed by atoms with E-state index < -0.39 is 30.5 Å². The first-order chi connectivity index (χ1) is 62.3. The Bertz CT molecular complexity index is 6320. The van der Waals surface area contributed by atoms with E-state index in [9.17, 15) is 25.5 Å². The van der Waals surface area contributed by atoms with Gasteiger partial charge in [0.2, 0.25) is 0 Å². The van der Waals surface area contributed by atoms with Gasteiger partial charge in [0.25, 0.3) is 0 Å². The van der Waals surface area contributed by atoms with Crippen molar-refractivity contribution in [3.8, 4) is 56.3 Å². The molecule has 10 heterocycles. The van der Waals surface area contributed by atoms with Crippen LogP contribution in [0.5, 0.6) is 0 Å². The molecule has 0 saturated carbocycles. The third kappa shape index (κ3) is 22.7. The highest BCUT2D eigenvalue weighted by Crippen LogP contribution is 2.42. The number of rotatable bonds is 15. The van der Waals surface area contributed by atoms with Crippen LogP contribution in [0.4, 0.5) is 0 Å². The Labute approximate surface area is 787 Å². The van der Waals surface area contributed by atoms with E-state index in [2.05, 4.69) is 26.6 Å². The predicted octanol–water partition coefficient (Wildman–Crippen LogP) is 25.6. The first-order valence-electron chi connectivity index (χ1n) is 44.3. The van der Waals surface area contributed by atoms with Crippen LogP contribution in [0.25, 0.3) is 111 Å². The minimum Gasteiger partial charge on any atom is -0.387 e. The molecule has 10 unspecified atom stereocenters. The Morgan fingerprint density at radius 3 is 0.969 bits per heavy atom. The fourth-order valence-corrected chi connectivity index (χ4v) is 19.8. The van der Waals surface area contributed by atoms with Crippen LogP contribution in [0, 0.1) is 0 Å². The molecule has 658 valence electrons. The molecule has 5 aliphatic heterocycles. The number of aromatic nitrogens is 5. The van der Waals surface area contributed by atoms with Gasteiger partial charge in [0.05, 0.1) is 96.6 Å². The van der Waals surface area contributed by atoms with Crippen molar-refractivity contribution in [3.63, 3.8) is 0 Å². The number of pyridine rings is 5. The van der Waals surface area contributed by atoms with Crippen molar-refractivity contribution in [2.24, 2.45) is 0 Å². The van der Waals surface area contributed by atoms with Crippen LogP contribution in [0.3, 0.4) is 0 Å². The summed E-state index contributed by atoms with van der Waals surface area (Å²) in [5.41, 5.74) is 17.3. The Balaban J connectivity index is 0.000000118. The first kappa shape index (κ1) is 92.4. The van der Waals surface area contributed by atoms with Gasteiger partial charge in [0, 0.05) is 115 Å². The third-order valence-electron chi connectivity index (χ3n) is 24.8. The minimum absolute atomic E-state index is 0.0218. The molecule has 128 heavy (non-hydrogen) atoms. The van der Waals surface area contributed by atoms with Gasteiger partial charge in [0.15, 0.2) is 0 Å². The number of nitrogens with zero attached hydrogens (tertiary/aromatic N) is 5. The molecular formula is C105H102Cl8N10O5. The smallest absolute Gasteiger partial charge is 0.0950 e. The van der Waals surface area contributed by atoms with Crippen molar-refractivity contribution >= 4 is 147 Å². The van der Waals surface area contributed by atoms with Gasteiger partial charge in [-0.1, -0.05) is 258 Å². The van der Waals surface area contributed by atoms with Crippen LogP contribution >= 0.6 is 92.8 Å². The molecule has 0 aliphatic carbocycles. The molecule has 0 bridgehead atoms. The summed E-state index contributed by atoms with van der Waals surface area (Å²) in [5.74, 6) is 0. The zero-order valence-electron chi connectivity index (χ0n) is 70.7. The van der Waals surface area contributed by atoms with Crippen LogP contribution in [-0.4, -0.2) is 113 Å². The van der Waals surface area contributed by atoms with Crippen molar-refractivity contribution < 1.29 is 25.5 Å². The summed E-state index contributed by atoms with van der Waals surface area (Å²) in [5, 5.41) is 82.1. The van der Waals surface area contributed by atoms with Gasteiger partial charge in [-0.15, -0.1) is 0 Å². The summed E-state index contributed by atoms with van der Waals surface area (Å²) >= 11 is 49.6. The lowest BCUT2D eigenvalue weighted by Crippen LogP contribution is -2.38. The Morgan fingerprint density at radius 2 is 0.555 bits per heavy atom. The molecule has 0 spiro atoms. The second-order valence-corrected chi connectivity index (χ2v) is 36.9. The van der Waals surface area contributed by atoms with Gasteiger partial charge in [-0.25, -0.2) is 24.9 Å². The van der Waals surface area contributed by atoms with Gasteiger partial charge >= 0.3 is 0 Å². The lowest BCUT2D eigenvalue weighted by Gasteiger charge is -2.29. The normalized spacial score (nSPS) is 18.9. The van der Waals surface area contributed by atoms with Crippen LogP contribution in [-0.2, 0) is 0 Å². The number of hydrogen-bond donors (Lipinski definition) is 10. The number of para-hydroxylation sites is 2. The molecule has 5 aliphatic rings. The van der Waals surface area contributed by atoms with Crippen LogP contribution < -0.4 is 26.6 Å². The molecule has 10 aromatic carbocycles. The molecule has 5 fully saturated rings. The Morgan fingerprint density at radius 1 is 0.234 bits per heavy atom. The number of hydrogen-bond acceptors (Lipinski definition) is 15. The SMILES string of the molecule is OC(c1cc(-c2ccc(Cl)cc2)nc2ccccc12)C1CCCCN1.OC(c1cc(-c2ccc(Cl)cc2Cl)nc2cc(Cl)ccc12)C1CCCCN1.OC(c1cc(-c2cccc(Cl)c2)nc2ccccc12)C1CCCCN1.OC(c1cc(-c2ccccc2)nc2c(Cl)cc(Cl)cc12)C1CCCCN1.OC(c1cc(-c2ccccc2)nc2cc(Cl)ccc12)C1CCCCN1. The molecule has 15 nitrogen and oxygen atoms in total. The van der Waals surface area contributed by atoms with Gasteiger partial charge in [0.1, 0.15) is 0 Å². The van der Waals surface area contributed by atoms with Gasteiger partial charge in [-0.2, -0.15) is 0 Å². The molecule has 0 amide bonds. The topological polar surface area (TPSA) is 226 Å². The fourth-order valence-electron chi connectivity index (χ4n) is 18.1. The second kappa shape index (κ2) is 43.9. The highest BCUT2D eigenvalue weighted by molar-refractivity contribution is 6.39. The lowest BCUT2D eigenvalue weighted by atomic mass is 9.92. The molecule has 10 atom stereocenters. The number of benzene rings is 10. The van der Waals surface area contributed by atoms with Crippen molar-refractivity contribution in [3.05, 3.63) is 323 Å². The van der Waals surface area contributed by atoms with E-state index in [0.717, 1.165) is 237 Å². The van der Waals surface area contributed by atoms with Crippen molar-refractivity contribution in [1.82, 2.24) is 51.5 Å². The summed E-state index contributed by atoms with van der Waals surface area (Å²) in [7, 11) is 0.